The quantitative estimate of drug-likeness (QED) is 0.829. The summed E-state index contributed by atoms with van der Waals surface area (Å²) in [6.07, 6.45) is 3.27. The van der Waals surface area contributed by atoms with Crippen molar-refractivity contribution in [2.45, 2.75) is 39.2 Å². The van der Waals surface area contributed by atoms with Crippen LogP contribution in [0.5, 0.6) is 0 Å². The lowest BCUT2D eigenvalue weighted by molar-refractivity contribution is 0.201. The molecule has 4 nitrogen and oxygen atoms in total. The Bertz CT molecular complexity index is 625. The molecule has 0 aliphatic carbocycles. The summed E-state index contributed by atoms with van der Waals surface area (Å²) in [5.41, 5.74) is 2.69. The van der Waals surface area contributed by atoms with E-state index in [0.29, 0.717) is 18.6 Å². The SMILES string of the molecule is COCCc1nsc(N2CCCC(C)C2c2ccc(C)cc2)n1. The fourth-order valence-electron chi connectivity index (χ4n) is 3.33. The van der Waals surface area contributed by atoms with Crippen LogP contribution in [-0.2, 0) is 11.2 Å². The first-order valence-electron chi connectivity index (χ1n) is 8.34. The lowest BCUT2D eigenvalue weighted by atomic mass is 9.86. The van der Waals surface area contributed by atoms with Gasteiger partial charge in [0.2, 0.25) is 5.13 Å². The highest BCUT2D eigenvalue weighted by Crippen LogP contribution is 2.39. The standard InChI is InChI=1S/C18H25N3OS/c1-13-6-8-15(9-7-13)17-14(2)5-4-11-21(17)18-19-16(20-23-18)10-12-22-3/h6-9,14,17H,4-5,10-12H2,1-3H3. The highest BCUT2D eigenvalue weighted by molar-refractivity contribution is 7.09. The molecule has 0 bridgehead atoms. The van der Waals surface area contributed by atoms with Gasteiger partial charge in [-0.1, -0.05) is 36.8 Å². The summed E-state index contributed by atoms with van der Waals surface area (Å²) >= 11 is 1.52. The van der Waals surface area contributed by atoms with Gasteiger partial charge in [-0.2, -0.15) is 4.37 Å². The number of benzene rings is 1. The number of hydrogen-bond donors (Lipinski definition) is 0. The summed E-state index contributed by atoms with van der Waals surface area (Å²) in [5.74, 6) is 1.52. The van der Waals surface area contributed by atoms with Gasteiger partial charge in [-0.25, -0.2) is 4.98 Å². The molecule has 1 aliphatic heterocycles. The van der Waals surface area contributed by atoms with Crippen molar-refractivity contribution < 1.29 is 4.74 Å². The summed E-state index contributed by atoms with van der Waals surface area (Å²) in [7, 11) is 1.72. The van der Waals surface area contributed by atoms with Gasteiger partial charge in [-0.15, -0.1) is 0 Å². The summed E-state index contributed by atoms with van der Waals surface area (Å²) in [6, 6.07) is 9.34. The van der Waals surface area contributed by atoms with Gasteiger partial charge < -0.3 is 9.64 Å². The van der Waals surface area contributed by atoms with Crippen molar-refractivity contribution in [1.29, 1.82) is 0 Å². The van der Waals surface area contributed by atoms with Crippen LogP contribution < -0.4 is 4.90 Å². The molecule has 1 aromatic carbocycles. The molecule has 124 valence electrons. The van der Waals surface area contributed by atoms with Gasteiger partial charge in [0.25, 0.3) is 0 Å². The molecule has 5 heteroatoms. The molecule has 0 saturated carbocycles. The number of ether oxygens (including phenoxy) is 1. The molecule has 2 aromatic rings. The highest BCUT2D eigenvalue weighted by atomic mass is 32.1. The molecule has 3 rings (SSSR count). The lowest BCUT2D eigenvalue weighted by Crippen LogP contribution is -2.38. The Morgan fingerprint density at radius 1 is 1.30 bits per heavy atom. The molecule has 2 atom stereocenters. The Morgan fingerprint density at radius 3 is 2.83 bits per heavy atom. The van der Waals surface area contributed by atoms with Crippen LogP contribution in [0.15, 0.2) is 24.3 Å². The van der Waals surface area contributed by atoms with Crippen LogP contribution in [-0.4, -0.2) is 29.6 Å². The van der Waals surface area contributed by atoms with E-state index in [9.17, 15) is 0 Å². The van der Waals surface area contributed by atoms with Gasteiger partial charge in [0.15, 0.2) is 0 Å². The third-order valence-corrected chi connectivity index (χ3v) is 5.38. The summed E-state index contributed by atoms with van der Waals surface area (Å²) in [4.78, 5) is 7.20. The van der Waals surface area contributed by atoms with E-state index >= 15 is 0 Å². The molecule has 0 amide bonds. The van der Waals surface area contributed by atoms with Crippen molar-refractivity contribution in [2.75, 3.05) is 25.2 Å². The largest absolute Gasteiger partial charge is 0.384 e. The molecular weight excluding hydrogens is 306 g/mol. The molecule has 1 aliphatic rings. The zero-order valence-electron chi connectivity index (χ0n) is 14.2. The molecule has 1 aromatic heterocycles. The van der Waals surface area contributed by atoms with Crippen LogP contribution in [0, 0.1) is 12.8 Å². The second kappa shape index (κ2) is 7.41. The topological polar surface area (TPSA) is 38.2 Å². The maximum Gasteiger partial charge on any atom is 0.205 e. The van der Waals surface area contributed by atoms with Crippen molar-refractivity contribution in [3.8, 4) is 0 Å². The fraction of sp³-hybridized carbons (Fsp3) is 0.556. The van der Waals surface area contributed by atoms with Crippen molar-refractivity contribution in [3.05, 3.63) is 41.2 Å². The molecule has 23 heavy (non-hydrogen) atoms. The fourth-order valence-corrected chi connectivity index (χ4v) is 4.11. The van der Waals surface area contributed by atoms with Gasteiger partial charge in [0.05, 0.1) is 12.6 Å². The summed E-state index contributed by atoms with van der Waals surface area (Å²) < 4.78 is 9.64. The van der Waals surface area contributed by atoms with Crippen LogP contribution in [0.4, 0.5) is 5.13 Å². The zero-order valence-corrected chi connectivity index (χ0v) is 15.0. The second-order valence-corrected chi connectivity index (χ2v) is 7.13. The molecule has 0 N–H and O–H groups in total. The van der Waals surface area contributed by atoms with E-state index < -0.39 is 0 Å². The lowest BCUT2D eigenvalue weighted by Gasteiger charge is -2.40. The third kappa shape index (κ3) is 3.72. The molecule has 0 radical (unpaired) electrons. The van der Waals surface area contributed by atoms with Gasteiger partial charge in [0, 0.05) is 31.6 Å². The number of aryl methyl sites for hydroxylation is 1. The van der Waals surface area contributed by atoms with E-state index in [-0.39, 0.29) is 0 Å². The maximum absolute atomic E-state index is 5.13. The van der Waals surface area contributed by atoms with Crippen molar-refractivity contribution in [3.63, 3.8) is 0 Å². The van der Waals surface area contributed by atoms with E-state index in [2.05, 4.69) is 47.4 Å². The summed E-state index contributed by atoms with van der Waals surface area (Å²) in [5, 5.41) is 1.05. The minimum absolute atomic E-state index is 0.396. The predicted molar refractivity (Wildman–Crippen MR) is 95.2 cm³/mol. The molecule has 1 fully saturated rings. The first-order chi connectivity index (χ1) is 11.2. The first-order valence-corrected chi connectivity index (χ1v) is 9.11. The average Bonchev–Trinajstić information content (AvgIpc) is 3.02. The Kier molecular flexibility index (Phi) is 5.28. The Morgan fingerprint density at radius 2 is 2.09 bits per heavy atom. The Labute approximate surface area is 142 Å². The molecule has 2 unspecified atom stereocenters. The second-order valence-electron chi connectivity index (χ2n) is 6.40. The predicted octanol–water partition coefficient (Wildman–Crippen LogP) is 4.01. The smallest absolute Gasteiger partial charge is 0.205 e. The van der Waals surface area contributed by atoms with E-state index in [0.717, 1.165) is 23.9 Å². The number of hydrogen-bond acceptors (Lipinski definition) is 5. The molecule has 1 saturated heterocycles. The van der Waals surface area contributed by atoms with Gasteiger partial charge in [-0.05, 0) is 31.2 Å². The minimum Gasteiger partial charge on any atom is -0.384 e. The van der Waals surface area contributed by atoms with Gasteiger partial charge in [0.1, 0.15) is 5.82 Å². The first kappa shape index (κ1) is 16.4. The Hall–Kier alpha value is -1.46. The number of anilines is 1. The van der Waals surface area contributed by atoms with Crippen LogP contribution in [0.3, 0.4) is 0 Å². The Balaban J connectivity index is 1.85. The number of nitrogens with zero attached hydrogens (tertiary/aromatic N) is 3. The molecule has 0 spiro atoms. The van der Waals surface area contributed by atoms with Crippen LogP contribution in [0.1, 0.15) is 42.8 Å². The van der Waals surface area contributed by atoms with Crippen LogP contribution in [0.25, 0.3) is 0 Å². The van der Waals surface area contributed by atoms with Crippen molar-refractivity contribution in [1.82, 2.24) is 9.36 Å². The van der Waals surface area contributed by atoms with Gasteiger partial charge >= 0.3 is 0 Å². The highest BCUT2D eigenvalue weighted by Gasteiger charge is 2.31. The number of methoxy groups -OCH3 is 1. The van der Waals surface area contributed by atoms with E-state index in [4.69, 9.17) is 9.72 Å². The van der Waals surface area contributed by atoms with Gasteiger partial charge in [-0.3, -0.25) is 0 Å². The van der Waals surface area contributed by atoms with E-state index in [1.54, 1.807) is 7.11 Å². The zero-order chi connectivity index (χ0) is 16.2. The molecule has 2 heterocycles. The normalized spacial score (nSPS) is 21.6. The van der Waals surface area contributed by atoms with Crippen molar-refractivity contribution >= 4 is 16.7 Å². The molecular formula is C18H25N3OS. The number of piperidine rings is 1. The number of rotatable bonds is 5. The minimum atomic E-state index is 0.396. The maximum atomic E-state index is 5.13. The van der Waals surface area contributed by atoms with Crippen LogP contribution in [0.2, 0.25) is 0 Å². The van der Waals surface area contributed by atoms with Crippen molar-refractivity contribution in [2.24, 2.45) is 5.92 Å². The van der Waals surface area contributed by atoms with E-state index in [1.807, 2.05) is 0 Å². The number of aromatic nitrogens is 2. The summed E-state index contributed by atoms with van der Waals surface area (Å²) in [6.45, 7) is 6.22. The van der Waals surface area contributed by atoms with Crippen LogP contribution >= 0.6 is 11.5 Å². The average molecular weight is 331 g/mol. The monoisotopic (exact) mass is 331 g/mol. The third-order valence-electron chi connectivity index (χ3n) is 4.58. The van der Waals surface area contributed by atoms with E-state index in [1.165, 1.54) is 35.5 Å².